The van der Waals surface area contributed by atoms with Gasteiger partial charge in [-0.3, -0.25) is 4.79 Å². The summed E-state index contributed by atoms with van der Waals surface area (Å²) in [5.74, 6) is -2.44. The van der Waals surface area contributed by atoms with Crippen LogP contribution < -0.4 is 5.56 Å². The number of carboxylic acid groups (broad SMARTS) is 1. The second-order valence-electron chi connectivity index (χ2n) is 3.40. The van der Waals surface area contributed by atoms with Crippen LogP contribution in [0.5, 0.6) is 5.75 Å². The number of nitrogens with zero attached hydrogens (tertiary/aromatic N) is 1. The van der Waals surface area contributed by atoms with Gasteiger partial charge in [0.2, 0.25) is 5.75 Å². The van der Waals surface area contributed by atoms with Crippen LogP contribution in [0.1, 0.15) is 10.5 Å². The molecule has 0 bridgehead atoms. The molecular formula is C11H7ClN2O4. The van der Waals surface area contributed by atoms with Crippen molar-refractivity contribution in [3.8, 4) is 17.1 Å². The molecule has 7 heteroatoms. The summed E-state index contributed by atoms with van der Waals surface area (Å²) in [6, 6.07) is 6.49. The molecule has 0 aliphatic rings. The second kappa shape index (κ2) is 4.50. The lowest BCUT2D eigenvalue weighted by atomic mass is 10.2. The number of aromatic amines is 1. The fourth-order valence-corrected chi connectivity index (χ4v) is 1.62. The molecule has 6 nitrogen and oxygen atoms in total. The molecule has 0 amide bonds. The number of hydrogen-bond acceptors (Lipinski definition) is 4. The Balaban J connectivity index is 2.71. The number of rotatable bonds is 2. The van der Waals surface area contributed by atoms with Crippen molar-refractivity contribution in [2.24, 2.45) is 0 Å². The lowest BCUT2D eigenvalue weighted by Crippen LogP contribution is -2.15. The maximum atomic E-state index is 11.4. The fraction of sp³-hybridized carbons (Fsp3) is 0. The predicted molar refractivity (Wildman–Crippen MR) is 63.9 cm³/mol. The average Bonchev–Trinajstić information content (AvgIpc) is 2.33. The predicted octanol–water partition coefficient (Wildman–Crippen LogP) is 1.49. The van der Waals surface area contributed by atoms with E-state index in [2.05, 4.69) is 9.97 Å². The van der Waals surface area contributed by atoms with Crippen LogP contribution in [0.2, 0.25) is 5.02 Å². The third-order valence-electron chi connectivity index (χ3n) is 2.23. The van der Waals surface area contributed by atoms with Crippen LogP contribution in [0.25, 0.3) is 11.4 Å². The zero-order chi connectivity index (χ0) is 13.3. The molecule has 1 heterocycles. The van der Waals surface area contributed by atoms with Gasteiger partial charge in [-0.1, -0.05) is 23.7 Å². The van der Waals surface area contributed by atoms with Crippen LogP contribution >= 0.6 is 11.6 Å². The van der Waals surface area contributed by atoms with Gasteiger partial charge in [0.25, 0.3) is 5.56 Å². The molecule has 0 fully saturated rings. The van der Waals surface area contributed by atoms with Crippen LogP contribution in [-0.4, -0.2) is 26.2 Å². The number of carboxylic acids is 1. The Morgan fingerprint density at radius 2 is 2.00 bits per heavy atom. The third kappa shape index (κ3) is 2.05. The standard InChI is InChI=1S/C11H7ClN2O4/c12-6-4-2-1-3-5(6)9-13-7(11(17)18)8(15)10(16)14-9/h1-4,15H,(H,17,18)(H,13,14,16). The summed E-state index contributed by atoms with van der Waals surface area (Å²) in [4.78, 5) is 28.2. The smallest absolute Gasteiger partial charge is 0.358 e. The van der Waals surface area contributed by atoms with E-state index >= 15 is 0 Å². The molecule has 1 aromatic heterocycles. The van der Waals surface area contributed by atoms with Gasteiger partial charge in [0.1, 0.15) is 5.82 Å². The zero-order valence-electron chi connectivity index (χ0n) is 8.85. The second-order valence-corrected chi connectivity index (χ2v) is 3.80. The molecule has 3 N–H and O–H groups in total. The first-order valence-electron chi connectivity index (χ1n) is 4.82. The number of hydrogen-bond donors (Lipinski definition) is 3. The Labute approximate surface area is 106 Å². The minimum Gasteiger partial charge on any atom is -0.501 e. The van der Waals surface area contributed by atoms with E-state index in [-0.39, 0.29) is 5.82 Å². The van der Waals surface area contributed by atoms with Crippen molar-refractivity contribution in [3.05, 3.63) is 45.3 Å². The van der Waals surface area contributed by atoms with Crippen molar-refractivity contribution in [1.82, 2.24) is 9.97 Å². The molecule has 0 spiro atoms. The third-order valence-corrected chi connectivity index (χ3v) is 2.56. The van der Waals surface area contributed by atoms with Gasteiger partial charge in [-0.15, -0.1) is 0 Å². The number of benzene rings is 1. The maximum Gasteiger partial charge on any atom is 0.358 e. The minimum atomic E-state index is -1.49. The first-order chi connectivity index (χ1) is 8.50. The number of H-pyrrole nitrogens is 1. The Morgan fingerprint density at radius 1 is 1.33 bits per heavy atom. The molecule has 0 saturated carbocycles. The summed E-state index contributed by atoms with van der Waals surface area (Å²) in [5, 5.41) is 18.4. The van der Waals surface area contributed by atoms with E-state index in [0.29, 0.717) is 10.6 Å². The van der Waals surface area contributed by atoms with Crippen LogP contribution in [0, 0.1) is 0 Å². The highest BCUT2D eigenvalue weighted by Crippen LogP contribution is 2.24. The number of nitrogens with one attached hydrogen (secondary N) is 1. The lowest BCUT2D eigenvalue weighted by molar-refractivity contribution is 0.0686. The molecular weight excluding hydrogens is 260 g/mol. The molecule has 1 aromatic carbocycles. The van der Waals surface area contributed by atoms with Crippen LogP contribution in [-0.2, 0) is 0 Å². The fourth-order valence-electron chi connectivity index (χ4n) is 1.40. The van der Waals surface area contributed by atoms with E-state index in [1.165, 1.54) is 0 Å². The number of halogens is 1. The van der Waals surface area contributed by atoms with Crippen molar-refractivity contribution in [2.75, 3.05) is 0 Å². The van der Waals surface area contributed by atoms with Crippen molar-refractivity contribution >= 4 is 17.6 Å². The van der Waals surface area contributed by atoms with Gasteiger partial charge in [0.05, 0.1) is 5.02 Å². The van der Waals surface area contributed by atoms with E-state index in [1.807, 2.05) is 0 Å². The summed E-state index contributed by atoms with van der Waals surface area (Å²) < 4.78 is 0. The van der Waals surface area contributed by atoms with Crippen molar-refractivity contribution < 1.29 is 15.0 Å². The van der Waals surface area contributed by atoms with Gasteiger partial charge in [-0.25, -0.2) is 9.78 Å². The molecule has 0 saturated heterocycles. The molecule has 0 aliphatic carbocycles. The summed E-state index contributed by atoms with van der Waals surface area (Å²) in [7, 11) is 0. The largest absolute Gasteiger partial charge is 0.501 e. The van der Waals surface area contributed by atoms with Gasteiger partial charge < -0.3 is 15.2 Å². The maximum absolute atomic E-state index is 11.4. The monoisotopic (exact) mass is 266 g/mol. The molecule has 2 aromatic rings. The molecule has 0 aliphatic heterocycles. The van der Waals surface area contributed by atoms with Gasteiger partial charge in [0.15, 0.2) is 5.69 Å². The van der Waals surface area contributed by atoms with Crippen LogP contribution in [0.4, 0.5) is 0 Å². The van der Waals surface area contributed by atoms with Crippen molar-refractivity contribution in [2.45, 2.75) is 0 Å². The lowest BCUT2D eigenvalue weighted by Gasteiger charge is -2.05. The number of aromatic carboxylic acids is 1. The Morgan fingerprint density at radius 3 is 2.61 bits per heavy atom. The van der Waals surface area contributed by atoms with Gasteiger partial charge in [-0.2, -0.15) is 0 Å². The summed E-state index contributed by atoms with van der Waals surface area (Å²) in [5.41, 5.74) is -1.27. The number of aromatic hydroxyl groups is 1. The number of aromatic nitrogens is 2. The van der Waals surface area contributed by atoms with E-state index in [0.717, 1.165) is 0 Å². The minimum absolute atomic E-state index is 0.0131. The molecule has 2 rings (SSSR count). The quantitative estimate of drug-likeness (QED) is 0.764. The highest BCUT2D eigenvalue weighted by atomic mass is 35.5. The van der Waals surface area contributed by atoms with E-state index in [4.69, 9.17) is 16.7 Å². The Bertz CT molecular complexity index is 681. The first kappa shape index (κ1) is 12.1. The molecule has 0 atom stereocenters. The first-order valence-corrected chi connectivity index (χ1v) is 5.20. The highest BCUT2D eigenvalue weighted by molar-refractivity contribution is 6.33. The van der Waals surface area contributed by atoms with Crippen molar-refractivity contribution in [1.29, 1.82) is 0 Å². The van der Waals surface area contributed by atoms with Gasteiger partial charge >= 0.3 is 5.97 Å². The van der Waals surface area contributed by atoms with Gasteiger partial charge in [-0.05, 0) is 12.1 Å². The zero-order valence-corrected chi connectivity index (χ0v) is 9.60. The van der Waals surface area contributed by atoms with Crippen LogP contribution in [0.15, 0.2) is 29.1 Å². The molecule has 18 heavy (non-hydrogen) atoms. The SMILES string of the molecule is O=C(O)c1nc(-c2ccccc2Cl)[nH]c(=O)c1O. The normalized spacial score (nSPS) is 10.3. The van der Waals surface area contributed by atoms with Crippen LogP contribution in [0.3, 0.4) is 0 Å². The Hall–Kier alpha value is -2.34. The average molecular weight is 267 g/mol. The van der Waals surface area contributed by atoms with Gasteiger partial charge in [0, 0.05) is 5.56 Å². The summed E-state index contributed by atoms with van der Waals surface area (Å²) >= 11 is 5.91. The van der Waals surface area contributed by atoms with E-state index in [1.54, 1.807) is 24.3 Å². The summed E-state index contributed by atoms with van der Waals surface area (Å²) in [6.45, 7) is 0. The number of carbonyl (C=O) groups is 1. The summed E-state index contributed by atoms with van der Waals surface area (Å²) in [6.07, 6.45) is 0. The van der Waals surface area contributed by atoms with Crippen molar-refractivity contribution in [3.63, 3.8) is 0 Å². The van der Waals surface area contributed by atoms with E-state index < -0.39 is 23.0 Å². The van der Waals surface area contributed by atoms with E-state index in [9.17, 15) is 14.7 Å². The molecule has 92 valence electrons. The molecule has 0 radical (unpaired) electrons. The topological polar surface area (TPSA) is 103 Å². The highest BCUT2D eigenvalue weighted by Gasteiger charge is 2.18. The Kier molecular flexibility index (Phi) is 3.03. The molecule has 0 unspecified atom stereocenters.